The lowest BCUT2D eigenvalue weighted by Gasteiger charge is -2.36. The van der Waals surface area contributed by atoms with Crippen LogP contribution in [0.2, 0.25) is 0 Å². The summed E-state index contributed by atoms with van der Waals surface area (Å²) in [5, 5.41) is 12.2. The number of amides is 1. The lowest BCUT2D eigenvalue weighted by molar-refractivity contribution is -0.173. The minimum Gasteiger partial charge on any atom is -0.433 e. The number of hydrogen-bond acceptors (Lipinski definition) is 5. The fourth-order valence-corrected chi connectivity index (χ4v) is 2.27. The van der Waals surface area contributed by atoms with E-state index in [0.29, 0.717) is 13.0 Å². The second-order valence-corrected chi connectivity index (χ2v) is 6.93. The van der Waals surface area contributed by atoms with E-state index in [0.717, 1.165) is 25.7 Å². The first-order valence-corrected chi connectivity index (χ1v) is 8.65. The van der Waals surface area contributed by atoms with Crippen LogP contribution in [0.15, 0.2) is 0 Å². The molecule has 138 valence electrons. The zero-order chi connectivity index (χ0) is 18.6. The molecule has 0 aliphatic carbocycles. The van der Waals surface area contributed by atoms with E-state index >= 15 is 0 Å². The van der Waals surface area contributed by atoms with Crippen molar-refractivity contribution in [1.82, 2.24) is 5.32 Å². The molecule has 0 aromatic rings. The lowest BCUT2D eigenvalue weighted by atomic mass is 9.76. The predicted octanol–water partition coefficient (Wildman–Crippen LogP) is 2.96. The number of rotatable bonds is 11. The van der Waals surface area contributed by atoms with Crippen LogP contribution in [-0.4, -0.2) is 37.7 Å². The van der Waals surface area contributed by atoms with Crippen LogP contribution in [0.3, 0.4) is 0 Å². The molecule has 1 N–H and O–H groups in total. The van der Waals surface area contributed by atoms with Crippen LogP contribution in [-0.2, 0) is 19.1 Å². The Hall–Kier alpha value is -1.61. The molecule has 6 heteroatoms. The number of nitrogens with zero attached hydrogens (tertiary/aromatic N) is 1. The van der Waals surface area contributed by atoms with Gasteiger partial charge in [0.05, 0.1) is 6.61 Å². The van der Waals surface area contributed by atoms with Gasteiger partial charge in [-0.05, 0) is 6.42 Å². The van der Waals surface area contributed by atoms with Crippen molar-refractivity contribution < 1.29 is 19.1 Å². The van der Waals surface area contributed by atoms with E-state index in [1.807, 2.05) is 6.07 Å². The maximum Gasteiger partial charge on any atom is 0.307 e. The van der Waals surface area contributed by atoms with Crippen molar-refractivity contribution in [3.05, 3.63) is 0 Å². The summed E-state index contributed by atoms with van der Waals surface area (Å²) in [6.45, 7) is 7.83. The first-order chi connectivity index (χ1) is 11.2. The number of nitriles is 1. The molecule has 1 amide bonds. The zero-order valence-electron chi connectivity index (χ0n) is 15.7. The van der Waals surface area contributed by atoms with Crippen molar-refractivity contribution >= 4 is 11.9 Å². The maximum atomic E-state index is 12.5. The van der Waals surface area contributed by atoms with Gasteiger partial charge >= 0.3 is 5.97 Å². The van der Waals surface area contributed by atoms with Gasteiger partial charge in [0.2, 0.25) is 0 Å². The van der Waals surface area contributed by atoms with Gasteiger partial charge in [0.1, 0.15) is 6.07 Å². The fraction of sp³-hybridized carbons (Fsp3) is 0.833. The molecule has 0 heterocycles. The first kappa shape index (κ1) is 22.4. The molecular weight excluding hydrogens is 308 g/mol. The molecule has 0 fully saturated rings. The third-order valence-electron chi connectivity index (χ3n) is 3.88. The Morgan fingerprint density at radius 3 is 2.25 bits per heavy atom. The molecule has 0 aliphatic heterocycles. The number of esters is 1. The Morgan fingerprint density at radius 2 is 1.75 bits per heavy atom. The van der Waals surface area contributed by atoms with E-state index in [-0.39, 0.29) is 13.0 Å². The highest BCUT2D eigenvalue weighted by molar-refractivity contribution is 5.91. The summed E-state index contributed by atoms with van der Waals surface area (Å²) in [7, 11) is 1.52. The summed E-state index contributed by atoms with van der Waals surface area (Å²) in [5.41, 5.74) is -2.70. The van der Waals surface area contributed by atoms with Crippen LogP contribution < -0.4 is 5.32 Å². The molecule has 24 heavy (non-hydrogen) atoms. The minimum absolute atomic E-state index is 0.217. The Labute approximate surface area is 145 Å². The standard InChI is InChI=1S/C18H32N2O4/c1-6-7-8-9-10-11-15(21)24-18(14-19,17(2,3)4)16(22)20-12-13-23-5/h6-13H2,1-5H3,(H,20,22). The van der Waals surface area contributed by atoms with Crippen molar-refractivity contribution in [3.8, 4) is 6.07 Å². The molecule has 1 atom stereocenters. The van der Waals surface area contributed by atoms with Gasteiger partial charge in [0.15, 0.2) is 0 Å². The molecule has 0 aromatic heterocycles. The van der Waals surface area contributed by atoms with Crippen LogP contribution >= 0.6 is 0 Å². The lowest BCUT2D eigenvalue weighted by Crippen LogP contribution is -2.57. The van der Waals surface area contributed by atoms with Gasteiger partial charge in [0, 0.05) is 25.5 Å². The molecule has 0 rings (SSSR count). The first-order valence-electron chi connectivity index (χ1n) is 8.65. The minimum atomic E-state index is -1.85. The number of unbranched alkanes of at least 4 members (excludes halogenated alkanes) is 4. The van der Waals surface area contributed by atoms with Crippen LogP contribution in [0.25, 0.3) is 0 Å². The van der Waals surface area contributed by atoms with Crippen molar-refractivity contribution in [2.45, 2.75) is 71.8 Å². The highest BCUT2D eigenvalue weighted by atomic mass is 16.6. The smallest absolute Gasteiger partial charge is 0.307 e. The largest absolute Gasteiger partial charge is 0.433 e. The highest BCUT2D eigenvalue weighted by Crippen LogP contribution is 2.34. The SMILES string of the molecule is CCCCCCCC(=O)OC(C#N)(C(=O)NCCOC)C(C)(C)C. The van der Waals surface area contributed by atoms with Crippen LogP contribution in [0, 0.1) is 16.7 Å². The monoisotopic (exact) mass is 340 g/mol. The van der Waals surface area contributed by atoms with E-state index in [2.05, 4.69) is 12.2 Å². The summed E-state index contributed by atoms with van der Waals surface area (Å²) < 4.78 is 10.3. The molecular formula is C18H32N2O4. The molecule has 0 bridgehead atoms. The molecule has 0 aromatic carbocycles. The van der Waals surface area contributed by atoms with Gasteiger partial charge < -0.3 is 14.8 Å². The van der Waals surface area contributed by atoms with E-state index < -0.39 is 22.9 Å². The topological polar surface area (TPSA) is 88.4 Å². The van der Waals surface area contributed by atoms with Gasteiger partial charge in [-0.25, -0.2) is 0 Å². The molecule has 6 nitrogen and oxygen atoms in total. The van der Waals surface area contributed by atoms with Gasteiger partial charge in [-0.15, -0.1) is 0 Å². The highest BCUT2D eigenvalue weighted by Gasteiger charge is 2.53. The Bertz CT molecular complexity index is 437. The van der Waals surface area contributed by atoms with Crippen molar-refractivity contribution in [2.24, 2.45) is 5.41 Å². The Morgan fingerprint density at radius 1 is 1.12 bits per heavy atom. The quantitative estimate of drug-likeness (QED) is 0.461. The number of ether oxygens (including phenoxy) is 2. The Kier molecular flexibility index (Phi) is 10.3. The van der Waals surface area contributed by atoms with E-state index in [4.69, 9.17) is 9.47 Å². The molecule has 0 saturated carbocycles. The van der Waals surface area contributed by atoms with E-state index in [1.165, 1.54) is 7.11 Å². The van der Waals surface area contributed by atoms with Crippen molar-refractivity contribution in [3.63, 3.8) is 0 Å². The Balaban J connectivity index is 4.87. The van der Waals surface area contributed by atoms with Crippen molar-refractivity contribution in [2.75, 3.05) is 20.3 Å². The van der Waals surface area contributed by atoms with Gasteiger partial charge in [0.25, 0.3) is 11.5 Å². The number of methoxy groups -OCH3 is 1. The summed E-state index contributed by atoms with van der Waals surface area (Å²) in [5.74, 6) is -1.11. The van der Waals surface area contributed by atoms with E-state index in [9.17, 15) is 14.9 Å². The van der Waals surface area contributed by atoms with Crippen LogP contribution in [0.1, 0.15) is 66.2 Å². The van der Waals surface area contributed by atoms with Gasteiger partial charge in [-0.2, -0.15) is 5.26 Å². The summed E-state index contributed by atoms with van der Waals surface area (Å²) in [4.78, 5) is 24.7. The molecule has 0 saturated heterocycles. The molecule has 1 unspecified atom stereocenters. The normalized spacial score (nSPS) is 13.7. The van der Waals surface area contributed by atoms with Gasteiger partial charge in [-0.1, -0.05) is 53.4 Å². The molecule has 0 spiro atoms. The third kappa shape index (κ3) is 6.88. The average Bonchev–Trinajstić information content (AvgIpc) is 2.51. The molecule has 0 radical (unpaired) electrons. The number of hydrogen-bond donors (Lipinski definition) is 1. The third-order valence-corrected chi connectivity index (χ3v) is 3.88. The summed E-state index contributed by atoms with van der Waals surface area (Å²) >= 11 is 0. The van der Waals surface area contributed by atoms with Crippen LogP contribution in [0.5, 0.6) is 0 Å². The van der Waals surface area contributed by atoms with Gasteiger partial charge in [-0.3, -0.25) is 9.59 Å². The maximum absolute atomic E-state index is 12.5. The number of nitrogens with one attached hydrogen (secondary N) is 1. The van der Waals surface area contributed by atoms with Crippen LogP contribution in [0.4, 0.5) is 0 Å². The average molecular weight is 340 g/mol. The summed E-state index contributed by atoms with van der Waals surface area (Å²) in [6.07, 6.45) is 5.21. The second-order valence-electron chi connectivity index (χ2n) is 6.93. The number of carbonyl (C=O) groups is 2. The second kappa shape index (κ2) is 11.0. The number of carbonyl (C=O) groups excluding carboxylic acids is 2. The predicted molar refractivity (Wildman–Crippen MR) is 92.2 cm³/mol. The fourth-order valence-electron chi connectivity index (χ4n) is 2.27. The van der Waals surface area contributed by atoms with Crippen molar-refractivity contribution in [1.29, 1.82) is 5.26 Å². The van der Waals surface area contributed by atoms with E-state index in [1.54, 1.807) is 20.8 Å². The molecule has 0 aliphatic rings. The summed E-state index contributed by atoms with van der Waals surface area (Å²) in [6, 6.07) is 1.93. The zero-order valence-corrected chi connectivity index (χ0v) is 15.7.